The van der Waals surface area contributed by atoms with Crippen LogP contribution in [-0.4, -0.2) is 40.7 Å². The van der Waals surface area contributed by atoms with Crippen LogP contribution in [0.15, 0.2) is 22.8 Å². The molecule has 24 heavy (non-hydrogen) atoms. The Hall–Kier alpha value is -0.676. The van der Waals surface area contributed by atoms with E-state index in [9.17, 15) is 5.11 Å². The number of aromatic hydroxyl groups is 1. The molecule has 0 fully saturated rings. The highest BCUT2D eigenvalue weighted by Crippen LogP contribution is 2.36. The average Bonchev–Trinajstić information content (AvgIpc) is 2.94. The molecule has 1 heterocycles. The van der Waals surface area contributed by atoms with Crippen molar-refractivity contribution in [2.45, 2.75) is 46.7 Å². The standard InChI is InChI=1S/C16H23BrN2O3Si2/c1-10(16(2,3)15(21-23-4)22-24-5)9-19-14-11(8-18-19)6-7-12(20)13(14)17/h6-8,10,15,20H,9H2,1-5H3. The van der Waals surface area contributed by atoms with Crippen LogP contribution in [-0.2, 0) is 15.4 Å². The first-order valence-corrected chi connectivity index (χ1v) is 11.4. The Balaban J connectivity index is 2.28. The lowest BCUT2D eigenvalue weighted by Crippen LogP contribution is -2.42. The Bertz CT molecular complexity index is 687. The van der Waals surface area contributed by atoms with Crippen LogP contribution in [0.3, 0.4) is 0 Å². The molecule has 2 rings (SSSR count). The lowest BCUT2D eigenvalue weighted by molar-refractivity contribution is -0.104. The van der Waals surface area contributed by atoms with E-state index in [-0.39, 0.29) is 23.4 Å². The molecule has 8 heteroatoms. The number of aromatic nitrogens is 2. The van der Waals surface area contributed by atoms with Crippen molar-refractivity contribution in [1.29, 1.82) is 0 Å². The maximum absolute atomic E-state index is 9.96. The predicted molar refractivity (Wildman–Crippen MR) is 101 cm³/mol. The van der Waals surface area contributed by atoms with Crippen LogP contribution in [0.2, 0.25) is 13.1 Å². The van der Waals surface area contributed by atoms with Crippen LogP contribution in [0.4, 0.5) is 0 Å². The summed E-state index contributed by atoms with van der Waals surface area (Å²) in [5.74, 6) is 0.479. The first-order chi connectivity index (χ1) is 11.3. The zero-order chi connectivity index (χ0) is 17.9. The van der Waals surface area contributed by atoms with Gasteiger partial charge >= 0.3 is 0 Å². The van der Waals surface area contributed by atoms with Gasteiger partial charge in [0.1, 0.15) is 12.0 Å². The van der Waals surface area contributed by atoms with Crippen LogP contribution in [0.25, 0.3) is 10.9 Å². The molecule has 1 unspecified atom stereocenters. The summed E-state index contributed by atoms with van der Waals surface area (Å²) in [7, 11) is 0.771. The van der Waals surface area contributed by atoms with E-state index in [1.165, 1.54) is 0 Å². The van der Waals surface area contributed by atoms with Crippen molar-refractivity contribution < 1.29 is 14.0 Å². The highest BCUT2D eigenvalue weighted by molar-refractivity contribution is 9.10. The molecule has 4 radical (unpaired) electrons. The van der Waals surface area contributed by atoms with Crippen molar-refractivity contribution in [3.8, 4) is 5.75 Å². The number of hydrogen-bond acceptors (Lipinski definition) is 4. The molecule has 0 aliphatic carbocycles. The van der Waals surface area contributed by atoms with E-state index in [1.54, 1.807) is 6.07 Å². The van der Waals surface area contributed by atoms with Crippen molar-refractivity contribution in [2.75, 3.05) is 0 Å². The molecule has 0 spiro atoms. The quantitative estimate of drug-likeness (QED) is 0.514. The van der Waals surface area contributed by atoms with E-state index in [1.807, 2.05) is 30.0 Å². The lowest BCUT2D eigenvalue weighted by Gasteiger charge is -2.39. The molecule has 0 saturated heterocycles. The summed E-state index contributed by atoms with van der Waals surface area (Å²) in [5.41, 5.74) is 0.735. The molecular weight excluding hydrogens is 404 g/mol. The van der Waals surface area contributed by atoms with Gasteiger partial charge in [-0.1, -0.05) is 20.8 Å². The number of nitrogens with zero attached hydrogens (tertiary/aromatic N) is 2. The zero-order valence-corrected chi connectivity index (χ0v) is 18.2. The van der Waals surface area contributed by atoms with E-state index in [0.29, 0.717) is 30.5 Å². The van der Waals surface area contributed by atoms with E-state index in [4.69, 9.17) is 8.85 Å². The van der Waals surface area contributed by atoms with Gasteiger partial charge in [0.25, 0.3) is 0 Å². The predicted octanol–water partition coefficient (Wildman–Crippen LogP) is 3.86. The molecule has 0 bridgehead atoms. The number of phenols is 1. The van der Waals surface area contributed by atoms with E-state index in [0.717, 1.165) is 10.9 Å². The second-order valence-electron chi connectivity index (χ2n) is 6.36. The van der Waals surface area contributed by atoms with Gasteiger partial charge in [0.15, 0.2) is 0 Å². The molecule has 2 aromatic rings. The summed E-state index contributed by atoms with van der Waals surface area (Å²) in [6.45, 7) is 11.2. The van der Waals surface area contributed by atoms with Crippen LogP contribution >= 0.6 is 15.9 Å². The van der Waals surface area contributed by atoms with E-state index >= 15 is 0 Å². The molecule has 0 aliphatic heterocycles. The van der Waals surface area contributed by atoms with Crippen molar-refractivity contribution in [3.05, 3.63) is 22.8 Å². The molecule has 1 aromatic heterocycles. The third kappa shape index (κ3) is 3.93. The smallest absolute Gasteiger partial charge is 0.229 e. The minimum atomic E-state index is -0.238. The normalized spacial score (nSPS) is 13.8. The first kappa shape index (κ1) is 19.6. The molecule has 5 nitrogen and oxygen atoms in total. The van der Waals surface area contributed by atoms with Crippen molar-refractivity contribution >= 4 is 46.4 Å². The average molecular weight is 427 g/mol. The first-order valence-electron chi connectivity index (χ1n) is 7.80. The van der Waals surface area contributed by atoms with Gasteiger partial charge in [0, 0.05) is 17.3 Å². The molecule has 0 aliphatic rings. The number of halogens is 1. The number of fused-ring (bicyclic) bond motifs is 1. The van der Waals surface area contributed by atoms with Crippen LogP contribution in [0, 0.1) is 11.3 Å². The molecular formula is C16H23BrN2O3Si2. The third-order valence-corrected chi connectivity index (χ3v) is 6.18. The number of phenolic OH excluding ortho intramolecular Hbond substituents is 1. The third-order valence-electron chi connectivity index (χ3n) is 4.50. The second kappa shape index (κ2) is 8.14. The minimum absolute atomic E-state index is 0.173. The monoisotopic (exact) mass is 426 g/mol. The van der Waals surface area contributed by atoms with Crippen LogP contribution in [0.1, 0.15) is 20.8 Å². The van der Waals surface area contributed by atoms with Gasteiger partial charge in [0.2, 0.25) is 19.5 Å². The van der Waals surface area contributed by atoms with Gasteiger partial charge in [-0.15, -0.1) is 0 Å². The van der Waals surface area contributed by atoms with E-state index in [2.05, 4.69) is 41.8 Å². The molecule has 1 atom stereocenters. The molecule has 1 aromatic carbocycles. The highest BCUT2D eigenvalue weighted by Gasteiger charge is 2.36. The van der Waals surface area contributed by atoms with Gasteiger partial charge in [-0.2, -0.15) is 5.10 Å². The Morgan fingerprint density at radius 2 is 1.92 bits per heavy atom. The fourth-order valence-electron chi connectivity index (χ4n) is 2.53. The van der Waals surface area contributed by atoms with Crippen molar-refractivity contribution in [2.24, 2.45) is 11.3 Å². The Morgan fingerprint density at radius 3 is 2.50 bits per heavy atom. The van der Waals surface area contributed by atoms with Gasteiger partial charge in [0.05, 0.1) is 16.2 Å². The van der Waals surface area contributed by atoms with Gasteiger partial charge in [-0.05, 0) is 47.1 Å². The summed E-state index contributed by atoms with van der Waals surface area (Å²) >= 11 is 3.47. The maximum atomic E-state index is 9.96. The Morgan fingerprint density at radius 1 is 1.29 bits per heavy atom. The van der Waals surface area contributed by atoms with Gasteiger partial charge in [-0.25, -0.2) is 0 Å². The largest absolute Gasteiger partial charge is 0.507 e. The topological polar surface area (TPSA) is 56.5 Å². The number of rotatable bonds is 8. The zero-order valence-electron chi connectivity index (χ0n) is 14.6. The SMILES string of the molecule is C[Si]OC(O[Si]C)C(C)(C)C(C)Cn1ncc2ccc(O)c(Br)c21. The Labute approximate surface area is 156 Å². The van der Waals surface area contributed by atoms with Gasteiger partial charge in [-0.3, -0.25) is 4.68 Å². The lowest BCUT2D eigenvalue weighted by atomic mass is 9.79. The van der Waals surface area contributed by atoms with Gasteiger partial charge < -0.3 is 14.0 Å². The summed E-state index contributed by atoms with van der Waals surface area (Å²) in [4.78, 5) is 0. The van der Waals surface area contributed by atoms with Crippen LogP contribution < -0.4 is 0 Å². The highest BCUT2D eigenvalue weighted by atomic mass is 79.9. The molecule has 130 valence electrons. The second-order valence-corrected chi connectivity index (χ2v) is 8.44. The van der Waals surface area contributed by atoms with Crippen molar-refractivity contribution in [1.82, 2.24) is 9.78 Å². The summed E-state index contributed by atoms with van der Waals surface area (Å²) < 4.78 is 14.3. The number of hydrogen-bond donors (Lipinski definition) is 1. The number of benzene rings is 1. The molecule has 0 saturated carbocycles. The Kier molecular flexibility index (Phi) is 6.66. The molecule has 0 amide bonds. The fourth-order valence-corrected chi connectivity index (χ4v) is 4.33. The van der Waals surface area contributed by atoms with Crippen LogP contribution in [0.5, 0.6) is 5.75 Å². The summed E-state index contributed by atoms with van der Waals surface area (Å²) in [6, 6.07) is 3.55. The summed E-state index contributed by atoms with van der Waals surface area (Å²) in [5, 5.41) is 15.5. The molecule has 1 N–H and O–H groups in total. The van der Waals surface area contributed by atoms with E-state index < -0.39 is 0 Å². The van der Waals surface area contributed by atoms with Crippen molar-refractivity contribution in [3.63, 3.8) is 0 Å². The fraction of sp³-hybridized carbons (Fsp3) is 0.562. The maximum Gasteiger partial charge on any atom is 0.229 e. The summed E-state index contributed by atoms with van der Waals surface area (Å²) in [6.07, 6.45) is 1.59. The minimum Gasteiger partial charge on any atom is -0.507 e.